The molecule has 1 aliphatic rings. The molecule has 0 spiro atoms. The van der Waals surface area contributed by atoms with Crippen LogP contribution in [0.2, 0.25) is 5.02 Å². The number of rotatable bonds is 5. The first kappa shape index (κ1) is 21.8. The van der Waals surface area contributed by atoms with Crippen molar-refractivity contribution in [1.29, 1.82) is 0 Å². The first-order valence-corrected chi connectivity index (χ1v) is 11.4. The lowest BCUT2D eigenvalue weighted by molar-refractivity contribution is -0.0440. The molecule has 2 atom stereocenters. The Kier molecular flexibility index (Phi) is 6.63. The van der Waals surface area contributed by atoms with Crippen molar-refractivity contribution in [2.75, 3.05) is 18.4 Å². The van der Waals surface area contributed by atoms with E-state index in [0.29, 0.717) is 5.69 Å². The van der Waals surface area contributed by atoms with Gasteiger partial charge in [-0.15, -0.1) is 0 Å². The van der Waals surface area contributed by atoms with Crippen molar-refractivity contribution in [1.82, 2.24) is 4.31 Å². The van der Waals surface area contributed by atoms with Gasteiger partial charge in [-0.3, -0.25) is 4.79 Å². The van der Waals surface area contributed by atoms with Crippen molar-refractivity contribution < 1.29 is 17.9 Å². The smallest absolute Gasteiger partial charge is 0.255 e. The second-order valence-corrected chi connectivity index (χ2v) is 9.50. The van der Waals surface area contributed by atoms with Gasteiger partial charge < -0.3 is 10.1 Å². The number of benzene rings is 2. The van der Waals surface area contributed by atoms with Gasteiger partial charge in [-0.25, -0.2) is 8.42 Å². The summed E-state index contributed by atoms with van der Waals surface area (Å²) in [7, 11) is -3.86. The minimum atomic E-state index is -3.86. The maximum atomic E-state index is 13.2. The Morgan fingerprint density at radius 2 is 1.83 bits per heavy atom. The highest BCUT2D eigenvalue weighted by Crippen LogP contribution is 2.28. The predicted octanol–water partition coefficient (Wildman–Crippen LogP) is 3.95. The maximum Gasteiger partial charge on any atom is 0.255 e. The van der Waals surface area contributed by atoms with Crippen molar-refractivity contribution in [2.45, 2.75) is 44.3 Å². The van der Waals surface area contributed by atoms with E-state index in [2.05, 4.69) is 5.32 Å². The van der Waals surface area contributed by atoms with E-state index in [9.17, 15) is 13.2 Å². The molecule has 2 unspecified atom stereocenters. The van der Waals surface area contributed by atoms with Crippen LogP contribution in [0.4, 0.5) is 5.69 Å². The van der Waals surface area contributed by atoms with Crippen LogP contribution in [0.15, 0.2) is 47.4 Å². The minimum absolute atomic E-state index is 0.0723. The van der Waals surface area contributed by atoms with Crippen molar-refractivity contribution in [3.8, 4) is 0 Å². The molecule has 1 heterocycles. The Bertz CT molecular complexity index is 999. The quantitative estimate of drug-likeness (QED) is 0.769. The Morgan fingerprint density at radius 1 is 1.17 bits per heavy atom. The highest BCUT2D eigenvalue weighted by atomic mass is 35.5. The average Bonchev–Trinajstić information content (AvgIpc) is 2.67. The van der Waals surface area contributed by atoms with E-state index in [1.54, 1.807) is 0 Å². The normalized spacial score (nSPS) is 20.4. The van der Waals surface area contributed by atoms with Crippen LogP contribution in [0.3, 0.4) is 0 Å². The zero-order chi connectivity index (χ0) is 21.2. The topological polar surface area (TPSA) is 75.7 Å². The summed E-state index contributed by atoms with van der Waals surface area (Å²) in [6.45, 7) is 6.14. The van der Waals surface area contributed by atoms with Crippen LogP contribution in [0.1, 0.15) is 36.7 Å². The lowest BCUT2D eigenvalue weighted by Crippen LogP contribution is -2.48. The summed E-state index contributed by atoms with van der Waals surface area (Å²) in [4.78, 5) is 12.7. The number of morpholine rings is 1. The number of aryl methyl sites for hydroxylation is 1. The average molecular weight is 437 g/mol. The first-order chi connectivity index (χ1) is 13.7. The molecule has 2 aromatic carbocycles. The summed E-state index contributed by atoms with van der Waals surface area (Å²) < 4.78 is 33.4. The number of nitrogens with one attached hydrogen (secondary N) is 1. The van der Waals surface area contributed by atoms with Crippen LogP contribution < -0.4 is 5.32 Å². The van der Waals surface area contributed by atoms with Gasteiger partial charge in [0.15, 0.2) is 0 Å². The SMILES string of the molecule is CCc1ccccc1NC(=O)c1ccc(Cl)c(S(=O)(=O)N2CC(C)OC(C)C2)c1. The van der Waals surface area contributed by atoms with Crippen LogP contribution >= 0.6 is 11.6 Å². The van der Waals surface area contributed by atoms with Crippen molar-refractivity contribution in [3.63, 3.8) is 0 Å². The number of hydrogen-bond acceptors (Lipinski definition) is 4. The van der Waals surface area contributed by atoms with Crippen molar-refractivity contribution in [3.05, 3.63) is 58.6 Å². The van der Waals surface area contributed by atoms with Gasteiger partial charge in [-0.2, -0.15) is 4.31 Å². The number of hydrogen-bond donors (Lipinski definition) is 1. The van der Waals surface area contributed by atoms with Crippen LogP contribution in [0.5, 0.6) is 0 Å². The highest BCUT2D eigenvalue weighted by Gasteiger charge is 2.33. The molecular formula is C21H25ClN2O4S. The Labute approximate surface area is 176 Å². The van der Waals surface area contributed by atoms with E-state index in [4.69, 9.17) is 16.3 Å². The van der Waals surface area contributed by atoms with E-state index < -0.39 is 10.0 Å². The van der Waals surface area contributed by atoms with Crippen LogP contribution in [0.25, 0.3) is 0 Å². The predicted molar refractivity (Wildman–Crippen MR) is 114 cm³/mol. The van der Waals surface area contributed by atoms with Crippen LogP contribution in [0, 0.1) is 0 Å². The first-order valence-electron chi connectivity index (χ1n) is 9.56. The molecule has 1 N–H and O–H groups in total. The zero-order valence-electron chi connectivity index (χ0n) is 16.7. The summed E-state index contributed by atoms with van der Waals surface area (Å²) in [5, 5.41) is 2.94. The number of nitrogens with zero attached hydrogens (tertiary/aromatic N) is 1. The van der Waals surface area contributed by atoms with Gasteiger partial charge in [0, 0.05) is 24.3 Å². The number of carbonyl (C=O) groups is 1. The molecule has 0 aromatic heterocycles. The molecular weight excluding hydrogens is 412 g/mol. The minimum Gasteiger partial charge on any atom is -0.373 e. The molecule has 29 heavy (non-hydrogen) atoms. The Balaban J connectivity index is 1.90. The lowest BCUT2D eigenvalue weighted by Gasteiger charge is -2.34. The second-order valence-electron chi connectivity index (χ2n) is 7.19. The van der Waals surface area contributed by atoms with Gasteiger partial charge in [0.1, 0.15) is 4.90 Å². The summed E-state index contributed by atoms with van der Waals surface area (Å²) in [6, 6.07) is 11.8. The fourth-order valence-electron chi connectivity index (χ4n) is 3.45. The molecule has 1 fully saturated rings. The summed E-state index contributed by atoms with van der Waals surface area (Å²) in [6.07, 6.45) is 0.332. The number of para-hydroxylation sites is 1. The van der Waals surface area contributed by atoms with E-state index in [-0.39, 0.29) is 46.7 Å². The molecule has 0 saturated carbocycles. The number of amides is 1. The van der Waals surface area contributed by atoms with E-state index in [1.807, 2.05) is 45.0 Å². The Morgan fingerprint density at radius 3 is 2.48 bits per heavy atom. The molecule has 1 amide bonds. The fraction of sp³-hybridized carbons (Fsp3) is 0.381. The third-order valence-corrected chi connectivity index (χ3v) is 7.16. The van der Waals surface area contributed by atoms with Gasteiger partial charge in [0.2, 0.25) is 10.0 Å². The monoisotopic (exact) mass is 436 g/mol. The van der Waals surface area contributed by atoms with Crippen molar-refractivity contribution >= 4 is 33.2 Å². The number of halogens is 1. The molecule has 0 radical (unpaired) electrons. The summed E-state index contributed by atoms with van der Waals surface area (Å²) in [5.74, 6) is -0.386. The van der Waals surface area contributed by atoms with Crippen LogP contribution in [-0.2, 0) is 21.2 Å². The third-order valence-electron chi connectivity index (χ3n) is 4.84. The molecule has 0 aliphatic carbocycles. The largest absolute Gasteiger partial charge is 0.373 e. The van der Waals surface area contributed by atoms with E-state index in [0.717, 1.165) is 12.0 Å². The molecule has 8 heteroatoms. The number of sulfonamides is 1. The van der Waals surface area contributed by atoms with E-state index >= 15 is 0 Å². The molecule has 1 saturated heterocycles. The Hall–Kier alpha value is -1.93. The lowest BCUT2D eigenvalue weighted by atomic mass is 10.1. The fourth-order valence-corrected chi connectivity index (χ4v) is 5.54. The highest BCUT2D eigenvalue weighted by molar-refractivity contribution is 7.89. The third kappa shape index (κ3) is 4.80. The standard InChI is InChI=1S/C21H25ClN2O4S/c1-4-16-7-5-6-8-19(16)23-21(25)17-9-10-18(22)20(11-17)29(26,27)24-12-14(2)28-15(3)13-24/h5-11,14-15H,4,12-13H2,1-3H3,(H,23,25). The zero-order valence-corrected chi connectivity index (χ0v) is 18.3. The second kappa shape index (κ2) is 8.83. The van der Waals surface area contributed by atoms with Gasteiger partial charge in [-0.05, 0) is 50.1 Å². The summed E-state index contributed by atoms with van der Waals surface area (Å²) >= 11 is 6.22. The summed E-state index contributed by atoms with van der Waals surface area (Å²) in [5.41, 5.74) is 1.93. The van der Waals surface area contributed by atoms with E-state index in [1.165, 1.54) is 22.5 Å². The number of anilines is 1. The molecule has 0 bridgehead atoms. The maximum absolute atomic E-state index is 13.2. The number of ether oxygens (including phenoxy) is 1. The molecule has 3 rings (SSSR count). The molecule has 2 aromatic rings. The van der Waals surface area contributed by atoms with Crippen LogP contribution in [-0.4, -0.2) is 43.9 Å². The van der Waals surface area contributed by atoms with Crippen molar-refractivity contribution in [2.24, 2.45) is 0 Å². The van der Waals surface area contributed by atoms with Gasteiger partial charge in [-0.1, -0.05) is 36.7 Å². The molecule has 156 valence electrons. The van der Waals surface area contributed by atoms with Gasteiger partial charge >= 0.3 is 0 Å². The van der Waals surface area contributed by atoms with Gasteiger partial charge in [0.05, 0.1) is 17.2 Å². The molecule has 1 aliphatic heterocycles. The van der Waals surface area contributed by atoms with Gasteiger partial charge in [0.25, 0.3) is 5.91 Å². The molecule has 6 nitrogen and oxygen atoms in total. The number of carbonyl (C=O) groups excluding carboxylic acids is 1.